The maximum Gasteiger partial charge on any atom is 0.227 e. The Morgan fingerprint density at radius 2 is 2.24 bits per heavy atom. The average molecular weight is 284 g/mol. The molecule has 2 aliphatic heterocycles. The lowest BCUT2D eigenvalue weighted by atomic mass is 10.1. The highest BCUT2D eigenvalue weighted by molar-refractivity contribution is 5.87. The van der Waals surface area contributed by atoms with Crippen molar-refractivity contribution in [1.82, 2.24) is 20.2 Å². The fourth-order valence-corrected chi connectivity index (χ4v) is 3.80. The first-order valence-corrected chi connectivity index (χ1v) is 7.76. The Morgan fingerprint density at radius 3 is 3.19 bits per heavy atom. The number of hydrogen-bond donors (Lipinski definition) is 2. The first-order chi connectivity index (χ1) is 10.3. The monoisotopic (exact) mass is 284 g/mol. The Balaban J connectivity index is 1.58. The summed E-state index contributed by atoms with van der Waals surface area (Å²) in [7, 11) is 0. The van der Waals surface area contributed by atoms with Crippen molar-refractivity contribution in [1.29, 1.82) is 0 Å². The quantitative estimate of drug-likeness (QED) is 0.877. The van der Waals surface area contributed by atoms with Crippen LogP contribution in [0.5, 0.6) is 0 Å². The molecule has 2 bridgehead atoms. The molecule has 2 saturated heterocycles. The van der Waals surface area contributed by atoms with E-state index in [4.69, 9.17) is 0 Å². The molecule has 2 aromatic rings. The number of amides is 1. The number of aromatic amines is 1. The van der Waals surface area contributed by atoms with Crippen LogP contribution < -0.4 is 5.32 Å². The van der Waals surface area contributed by atoms with Gasteiger partial charge < -0.3 is 15.2 Å². The van der Waals surface area contributed by atoms with Gasteiger partial charge in [-0.1, -0.05) is 0 Å². The molecule has 2 N–H and O–H groups in total. The highest BCUT2D eigenvalue weighted by atomic mass is 16.2. The zero-order chi connectivity index (χ0) is 14.2. The molecule has 2 aliphatic rings. The molecule has 5 heteroatoms. The van der Waals surface area contributed by atoms with Crippen LogP contribution in [0.3, 0.4) is 0 Å². The third kappa shape index (κ3) is 2.21. The molecule has 5 nitrogen and oxygen atoms in total. The Bertz CT molecular complexity index is 651. The van der Waals surface area contributed by atoms with Crippen LogP contribution in [0.1, 0.15) is 24.8 Å². The highest BCUT2D eigenvalue weighted by Gasteiger charge is 2.37. The molecule has 0 spiro atoms. The van der Waals surface area contributed by atoms with E-state index in [-0.39, 0.29) is 5.91 Å². The van der Waals surface area contributed by atoms with Gasteiger partial charge in [0.15, 0.2) is 0 Å². The van der Waals surface area contributed by atoms with Crippen molar-refractivity contribution in [2.45, 2.75) is 37.8 Å². The van der Waals surface area contributed by atoms with Gasteiger partial charge in [0.1, 0.15) is 5.65 Å². The van der Waals surface area contributed by atoms with Crippen LogP contribution in [-0.2, 0) is 11.2 Å². The number of carbonyl (C=O) groups is 1. The van der Waals surface area contributed by atoms with Crippen molar-refractivity contribution in [2.75, 3.05) is 13.1 Å². The van der Waals surface area contributed by atoms with E-state index in [1.54, 1.807) is 6.20 Å². The number of fused-ring (bicyclic) bond motifs is 3. The molecule has 0 aromatic carbocycles. The van der Waals surface area contributed by atoms with Gasteiger partial charge in [0.2, 0.25) is 5.91 Å². The molecule has 0 saturated carbocycles. The number of nitrogens with zero attached hydrogens (tertiary/aromatic N) is 2. The average Bonchev–Trinajstić information content (AvgIpc) is 2.99. The van der Waals surface area contributed by atoms with Gasteiger partial charge in [-0.3, -0.25) is 4.79 Å². The summed E-state index contributed by atoms with van der Waals surface area (Å²) < 4.78 is 0. The maximum atomic E-state index is 12.8. The summed E-state index contributed by atoms with van der Waals surface area (Å²) in [6.45, 7) is 1.97. The van der Waals surface area contributed by atoms with E-state index < -0.39 is 0 Å². The van der Waals surface area contributed by atoms with Crippen LogP contribution in [0, 0.1) is 0 Å². The Hall–Kier alpha value is -1.88. The lowest BCUT2D eigenvalue weighted by Crippen LogP contribution is -2.43. The second-order valence-electron chi connectivity index (χ2n) is 6.07. The van der Waals surface area contributed by atoms with E-state index in [2.05, 4.69) is 20.2 Å². The molecular formula is C16H20N4O. The molecule has 2 aromatic heterocycles. The minimum absolute atomic E-state index is 0.260. The van der Waals surface area contributed by atoms with E-state index in [1.165, 1.54) is 0 Å². The van der Waals surface area contributed by atoms with Crippen LogP contribution in [0.4, 0.5) is 0 Å². The predicted octanol–water partition coefficient (Wildman–Crippen LogP) is 1.46. The number of rotatable bonds is 2. The zero-order valence-corrected chi connectivity index (χ0v) is 12.0. The SMILES string of the molecule is O=C(Cc1c[nH]c2ncccc12)N1C2CCNCC1CC2. The molecule has 0 radical (unpaired) electrons. The van der Waals surface area contributed by atoms with Gasteiger partial charge in [-0.15, -0.1) is 0 Å². The highest BCUT2D eigenvalue weighted by Crippen LogP contribution is 2.29. The first-order valence-electron chi connectivity index (χ1n) is 7.76. The zero-order valence-electron chi connectivity index (χ0n) is 12.0. The number of pyridine rings is 1. The van der Waals surface area contributed by atoms with E-state index in [1.807, 2.05) is 18.3 Å². The van der Waals surface area contributed by atoms with Crippen molar-refractivity contribution in [3.8, 4) is 0 Å². The fraction of sp³-hybridized carbons (Fsp3) is 0.500. The second-order valence-corrected chi connectivity index (χ2v) is 6.07. The molecule has 0 aliphatic carbocycles. The van der Waals surface area contributed by atoms with E-state index in [0.717, 1.165) is 48.9 Å². The van der Waals surface area contributed by atoms with Gasteiger partial charge >= 0.3 is 0 Å². The van der Waals surface area contributed by atoms with Gasteiger partial charge in [0, 0.05) is 36.4 Å². The summed E-state index contributed by atoms with van der Waals surface area (Å²) in [5.74, 6) is 0.260. The third-order valence-electron chi connectivity index (χ3n) is 4.82. The summed E-state index contributed by atoms with van der Waals surface area (Å²) in [6, 6.07) is 4.76. The number of hydrogen-bond acceptors (Lipinski definition) is 3. The molecule has 4 rings (SSSR count). The van der Waals surface area contributed by atoms with Crippen LogP contribution in [0.25, 0.3) is 11.0 Å². The Labute approximate surface area is 123 Å². The minimum Gasteiger partial charge on any atom is -0.346 e. The summed E-state index contributed by atoms with van der Waals surface area (Å²) in [5.41, 5.74) is 1.92. The fourth-order valence-electron chi connectivity index (χ4n) is 3.80. The molecule has 1 amide bonds. The van der Waals surface area contributed by atoms with Gasteiger partial charge in [0.25, 0.3) is 0 Å². The van der Waals surface area contributed by atoms with Crippen molar-refractivity contribution >= 4 is 16.9 Å². The Morgan fingerprint density at radius 1 is 1.33 bits per heavy atom. The normalized spacial score (nSPS) is 25.2. The number of H-pyrrole nitrogens is 1. The maximum absolute atomic E-state index is 12.8. The van der Waals surface area contributed by atoms with Crippen LogP contribution >= 0.6 is 0 Å². The minimum atomic E-state index is 0.260. The molecule has 2 unspecified atom stereocenters. The predicted molar refractivity (Wildman–Crippen MR) is 80.9 cm³/mol. The van der Waals surface area contributed by atoms with Crippen molar-refractivity contribution in [3.63, 3.8) is 0 Å². The third-order valence-corrected chi connectivity index (χ3v) is 4.82. The molecule has 4 heterocycles. The Kier molecular flexibility index (Phi) is 3.15. The summed E-state index contributed by atoms with van der Waals surface area (Å²) in [5, 5.41) is 4.50. The van der Waals surface area contributed by atoms with Crippen molar-refractivity contribution in [3.05, 3.63) is 30.1 Å². The van der Waals surface area contributed by atoms with Crippen molar-refractivity contribution in [2.24, 2.45) is 0 Å². The molecule has 21 heavy (non-hydrogen) atoms. The topological polar surface area (TPSA) is 61.0 Å². The molecule has 2 fully saturated rings. The van der Waals surface area contributed by atoms with E-state index in [9.17, 15) is 4.79 Å². The lowest BCUT2D eigenvalue weighted by molar-refractivity contribution is -0.133. The van der Waals surface area contributed by atoms with Crippen LogP contribution in [0.15, 0.2) is 24.5 Å². The van der Waals surface area contributed by atoms with Gasteiger partial charge in [0.05, 0.1) is 6.42 Å². The lowest BCUT2D eigenvalue weighted by Gasteiger charge is -2.27. The standard InChI is InChI=1S/C16H20N4O/c21-15(20-12-3-4-13(20)10-17-7-5-12)8-11-9-19-16-14(11)2-1-6-18-16/h1-2,6,9,12-13,17H,3-5,7-8,10H2,(H,18,19). The largest absolute Gasteiger partial charge is 0.346 e. The number of aromatic nitrogens is 2. The van der Waals surface area contributed by atoms with Crippen LogP contribution in [-0.4, -0.2) is 45.9 Å². The molecule has 2 atom stereocenters. The first kappa shape index (κ1) is 12.8. The van der Waals surface area contributed by atoms with Gasteiger partial charge in [-0.05, 0) is 43.5 Å². The second kappa shape index (κ2) is 5.15. The summed E-state index contributed by atoms with van der Waals surface area (Å²) in [6.07, 6.45) is 7.54. The number of carbonyl (C=O) groups excluding carboxylic acids is 1. The van der Waals surface area contributed by atoms with Gasteiger partial charge in [-0.2, -0.15) is 0 Å². The molecule has 110 valence electrons. The summed E-state index contributed by atoms with van der Waals surface area (Å²) >= 11 is 0. The van der Waals surface area contributed by atoms with Crippen LogP contribution in [0.2, 0.25) is 0 Å². The molecular weight excluding hydrogens is 264 g/mol. The summed E-state index contributed by atoms with van der Waals surface area (Å²) in [4.78, 5) is 22.4. The van der Waals surface area contributed by atoms with E-state index in [0.29, 0.717) is 18.5 Å². The number of nitrogens with one attached hydrogen (secondary N) is 2. The van der Waals surface area contributed by atoms with Crippen molar-refractivity contribution < 1.29 is 4.79 Å². The smallest absolute Gasteiger partial charge is 0.227 e. The van der Waals surface area contributed by atoms with E-state index >= 15 is 0 Å². The van der Waals surface area contributed by atoms with Gasteiger partial charge in [-0.25, -0.2) is 4.98 Å².